The summed E-state index contributed by atoms with van der Waals surface area (Å²) in [6.07, 6.45) is 6.57. The van der Waals surface area contributed by atoms with Crippen LogP contribution in [0, 0.1) is 11.8 Å². The van der Waals surface area contributed by atoms with Gasteiger partial charge in [-0.2, -0.15) is 12.6 Å². The molecule has 0 aromatic rings. The fraction of sp³-hybridized carbons (Fsp3) is 0.909. The minimum Gasteiger partial charge on any atom is -0.355 e. The van der Waals surface area contributed by atoms with Crippen LogP contribution < -0.4 is 5.32 Å². The van der Waals surface area contributed by atoms with E-state index in [-0.39, 0.29) is 5.91 Å². The van der Waals surface area contributed by atoms with Crippen LogP contribution in [0.3, 0.4) is 0 Å². The zero-order valence-electron chi connectivity index (χ0n) is 8.96. The Kier molecular flexibility index (Phi) is 5.38. The van der Waals surface area contributed by atoms with Gasteiger partial charge in [0.25, 0.3) is 0 Å². The van der Waals surface area contributed by atoms with Gasteiger partial charge in [-0.15, -0.1) is 0 Å². The molecule has 0 aromatic carbocycles. The Morgan fingerprint density at radius 1 is 1.36 bits per heavy atom. The number of hydrogen-bond acceptors (Lipinski definition) is 2. The van der Waals surface area contributed by atoms with E-state index in [2.05, 4.69) is 24.9 Å². The fourth-order valence-corrected chi connectivity index (χ4v) is 2.20. The molecule has 1 N–H and O–H groups in total. The van der Waals surface area contributed by atoms with Crippen LogP contribution >= 0.6 is 12.6 Å². The first-order chi connectivity index (χ1) is 6.72. The van der Waals surface area contributed by atoms with Gasteiger partial charge in [-0.1, -0.05) is 32.6 Å². The average molecular weight is 215 g/mol. The van der Waals surface area contributed by atoms with E-state index in [9.17, 15) is 4.79 Å². The van der Waals surface area contributed by atoms with Gasteiger partial charge in [-0.25, -0.2) is 0 Å². The van der Waals surface area contributed by atoms with Crippen molar-refractivity contribution in [2.24, 2.45) is 11.8 Å². The lowest BCUT2D eigenvalue weighted by molar-refractivity contribution is -0.118. The molecule has 3 heteroatoms. The van der Waals surface area contributed by atoms with E-state index in [1.165, 1.54) is 25.7 Å². The molecule has 14 heavy (non-hydrogen) atoms. The van der Waals surface area contributed by atoms with E-state index in [4.69, 9.17) is 0 Å². The standard InChI is InChI=1S/C11H21NOS/c1-9-2-4-10(5-3-9)6-7-12-11(13)8-14/h9-10,14H,2-8H2,1H3,(H,12,13). The summed E-state index contributed by atoms with van der Waals surface area (Å²) in [6.45, 7) is 3.16. The first-order valence-electron chi connectivity index (χ1n) is 5.60. The highest BCUT2D eigenvalue weighted by atomic mass is 32.1. The van der Waals surface area contributed by atoms with Gasteiger partial charge in [0.1, 0.15) is 0 Å². The molecule has 0 atom stereocenters. The lowest BCUT2D eigenvalue weighted by Crippen LogP contribution is -2.27. The van der Waals surface area contributed by atoms with Gasteiger partial charge in [-0.3, -0.25) is 4.79 Å². The van der Waals surface area contributed by atoms with Crippen LogP contribution in [0.2, 0.25) is 0 Å². The zero-order valence-corrected chi connectivity index (χ0v) is 9.85. The Labute approximate surface area is 92.2 Å². The molecule has 1 amide bonds. The van der Waals surface area contributed by atoms with Gasteiger partial charge in [0, 0.05) is 6.54 Å². The molecule has 0 heterocycles. The first-order valence-corrected chi connectivity index (χ1v) is 6.23. The molecule has 1 aliphatic rings. The highest BCUT2D eigenvalue weighted by Crippen LogP contribution is 2.29. The van der Waals surface area contributed by atoms with Crippen molar-refractivity contribution in [2.45, 2.75) is 39.0 Å². The lowest BCUT2D eigenvalue weighted by Gasteiger charge is -2.26. The van der Waals surface area contributed by atoms with Crippen molar-refractivity contribution in [3.05, 3.63) is 0 Å². The second kappa shape index (κ2) is 6.33. The third kappa shape index (κ3) is 4.36. The summed E-state index contributed by atoms with van der Waals surface area (Å²) in [6, 6.07) is 0. The van der Waals surface area contributed by atoms with E-state index in [1.807, 2.05) is 0 Å². The summed E-state index contributed by atoms with van der Waals surface area (Å²) >= 11 is 3.92. The van der Waals surface area contributed by atoms with Crippen molar-refractivity contribution < 1.29 is 4.79 Å². The molecule has 0 unspecified atom stereocenters. The SMILES string of the molecule is CC1CCC(CCNC(=O)CS)CC1. The van der Waals surface area contributed by atoms with Gasteiger partial charge in [0.05, 0.1) is 5.75 Å². The second-order valence-electron chi connectivity index (χ2n) is 4.42. The number of hydrogen-bond donors (Lipinski definition) is 2. The molecule has 0 aromatic heterocycles. The minimum absolute atomic E-state index is 0.0533. The maximum atomic E-state index is 10.9. The predicted octanol–water partition coefficient (Wildman–Crippen LogP) is 2.25. The Morgan fingerprint density at radius 2 is 2.00 bits per heavy atom. The van der Waals surface area contributed by atoms with E-state index < -0.39 is 0 Å². The average Bonchev–Trinajstić information content (AvgIpc) is 2.21. The minimum atomic E-state index is 0.0533. The molecule has 1 saturated carbocycles. The quantitative estimate of drug-likeness (QED) is 0.692. The van der Waals surface area contributed by atoms with Gasteiger partial charge in [0.2, 0.25) is 5.91 Å². The van der Waals surface area contributed by atoms with E-state index in [0.717, 1.165) is 24.8 Å². The normalized spacial score (nSPS) is 27.3. The van der Waals surface area contributed by atoms with Crippen molar-refractivity contribution in [1.82, 2.24) is 5.32 Å². The summed E-state index contributed by atoms with van der Waals surface area (Å²) < 4.78 is 0. The van der Waals surface area contributed by atoms with Crippen molar-refractivity contribution in [2.75, 3.05) is 12.3 Å². The van der Waals surface area contributed by atoms with Crippen LogP contribution in [0.15, 0.2) is 0 Å². The number of thiol groups is 1. The molecule has 0 radical (unpaired) electrons. The van der Waals surface area contributed by atoms with Crippen LogP contribution in [-0.4, -0.2) is 18.2 Å². The molecule has 82 valence electrons. The number of rotatable bonds is 4. The van der Waals surface area contributed by atoms with E-state index >= 15 is 0 Å². The summed E-state index contributed by atoms with van der Waals surface area (Å²) in [5, 5.41) is 2.88. The van der Waals surface area contributed by atoms with Crippen LogP contribution in [0.1, 0.15) is 39.0 Å². The molecular formula is C11H21NOS. The number of carbonyl (C=O) groups is 1. The van der Waals surface area contributed by atoms with Crippen molar-refractivity contribution in [3.63, 3.8) is 0 Å². The Morgan fingerprint density at radius 3 is 2.57 bits per heavy atom. The first kappa shape index (κ1) is 11.9. The van der Waals surface area contributed by atoms with Crippen LogP contribution in [0.4, 0.5) is 0 Å². The molecule has 0 aliphatic heterocycles. The van der Waals surface area contributed by atoms with Crippen molar-refractivity contribution >= 4 is 18.5 Å². The number of carbonyl (C=O) groups excluding carboxylic acids is 1. The van der Waals surface area contributed by atoms with E-state index in [0.29, 0.717) is 5.75 Å². The van der Waals surface area contributed by atoms with Crippen molar-refractivity contribution in [1.29, 1.82) is 0 Å². The fourth-order valence-electron chi connectivity index (χ4n) is 2.09. The molecule has 2 nitrogen and oxygen atoms in total. The zero-order chi connectivity index (χ0) is 10.4. The van der Waals surface area contributed by atoms with Gasteiger partial charge >= 0.3 is 0 Å². The second-order valence-corrected chi connectivity index (χ2v) is 4.74. The van der Waals surface area contributed by atoms with Crippen LogP contribution in [0.5, 0.6) is 0 Å². The Balaban J connectivity index is 2.04. The number of amides is 1. The monoisotopic (exact) mass is 215 g/mol. The summed E-state index contributed by atoms with van der Waals surface area (Å²) in [4.78, 5) is 10.9. The largest absolute Gasteiger partial charge is 0.355 e. The topological polar surface area (TPSA) is 29.1 Å². The Bertz CT molecular complexity index is 176. The van der Waals surface area contributed by atoms with Gasteiger partial charge in [-0.05, 0) is 18.3 Å². The molecule has 0 spiro atoms. The molecule has 1 aliphatic carbocycles. The summed E-state index contributed by atoms with van der Waals surface area (Å²) in [7, 11) is 0. The molecule has 0 bridgehead atoms. The third-order valence-corrected chi connectivity index (χ3v) is 3.44. The lowest BCUT2D eigenvalue weighted by atomic mass is 9.81. The van der Waals surface area contributed by atoms with Crippen LogP contribution in [-0.2, 0) is 4.79 Å². The van der Waals surface area contributed by atoms with Crippen LogP contribution in [0.25, 0.3) is 0 Å². The highest BCUT2D eigenvalue weighted by Gasteiger charge is 2.17. The Hall–Kier alpha value is -0.180. The third-order valence-electron chi connectivity index (χ3n) is 3.15. The maximum absolute atomic E-state index is 10.9. The molecule has 1 fully saturated rings. The molecular weight excluding hydrogens is 194 g/mol. The highest BCUT2D eigenvalue weighted by molar-refractivity contribution is 7.81. The van der Waals surface area contributed by atoms with Gasteiger partial charge in [0.15, 0.2) is 0 Å². The number of nitrogens with one attached hydrogen (secondary N) is 1. The molecule has 0 saturated heterocycles. The smallest absolute Gasteiger partial charge is 0.229 e. The summed E-state index contributed by atoms with van der Waals surface area (Å²) in [5.74, 6) is 2.11. The molecule has 1 rings (SSSR count). The predicted molar refractivity (Wildman–Crippen MR) is 62.6 cm³/mol. The van der Waals surface area contributed by atoms with Gasteiger partial charge < -0.3 is 5.32 Å². The summed E-state index contributed by atoms with van der Waals surface area (Å²) in [5.41, 5.74) is 0. The maximum Gasteiger partial charge on any atom is 0.229 e. The van der Waals surface area contributed by atoms with Crippen molar-refractivity contribution in [3.8, 4) is 0 Å². The van der Waals surface area contributed by atoms with E-state index in [1.54, 1.807) is 0 Å².